The van der Waals surface area contributed by atoms with Gasteiger partial charge >= 0.3 is 5.97 Å². The van der Waals surface area contributed by atoms with Crippen molar-refractivity contribution in [2.45, 2.75) is 50.4 Å². The third kappa shape index (κ3) is 4.14. The number of halogens is 1. The Hall–Kier alpha value is -2.38. The van der Waals surface area contributed by atoms with Gasteiger partial charge in [0.25, 0.3) is 0 Å². The second-order valence-corrected chi connectivity index (χ2v) is 7.96. The molecule has 144 valence electrons. The second kappa shape index (κ2) is 7.32. The van der Waals surface area contributed by atoms with Crippen LogP contribution in [0.25, 0.3) is 0 Å². The topological polar surface area (TPSA) is 94.6 Å². The number of ether oxygens (including phenoxy) is 1. The van der Waals surface area contributed by atoms with Crippen LogP contribution in [0, 0.1) is 10.1 Å². The van der Waals surface area contributed by atoms with Gasteiger partial charge in [-0.15, -0.1) is 0 Å². The SMILES string of the molecule is CC(C)(C)OC(=O)[C@H]1N[C@@H](c2ccc(Cl)cc2)[C@@H]([N+](=O)[O-])[C@@H]1c1ccco1. The minimum absolute atomic E-state index is 0.371. The van der Waals surface area contributed by atoms with Crippen LogP contribution in [0.2, 0.25) is 5.02 Å². The van der Waals surface area contributed by atoms with Gasteiger partial charge in [0.15, 0.2) is 0 Å². The molecule has 27 heavy (non-hydrogen) atoms. The summed E-state index contributed by atoms with van der Waals surface area (Å²) in [6.45, 7) is 5.26. The summed E-state index contributed by atoms with van der Waals surface area (Å²) in [6, 6.07) is 7.35. The maximum atomic E-state index is 12.8. The van der Waals surface area contributed by atoms with Crippen molar-refractivity contribution < 1.29 is 18.9 Å². The van der Waals surface area contributed by atoms with Crippen LogP contribution in [-0.2, 0) is 9.53 Å². The highest BCUT2D eigenvalue weighted by Crippen LogP contribution is 2.41. The lowest BCUT2D eigenvalue weighted by atomic mass is 9.89. The van der Waals surface area contributed by atoms with E-state index in [0.717, 1.165) is 0 Å². The summed E-state index contributed by atoms with van der Waals surface area (Å²) in [6.07, 6.45) is 1.44. The fourth-order valence-electron chi connectivity index (χ4n) is 3.41. The molecule has 2 aromatic rings. The minimum Gasteiger partial charge on any atom is -0.469 e. The lowest BCUT2D eigenvalue weighted by Gasteiger charge is -2.24. The number of nitro groups is 1. The van der Waals surface area contributed by atoms with E-state index in [1.165, 1.54) is 6.26 Å². The summed E-state index contributed by atoms with van der Waals surface area (Å²) in [5.41, 5.74) is -0.0432. The van der Waals surface area contributed by atoms with Gasteiger partial charge in [0.2, 0.25) is 6.04 Å². The molecule has 0 unspecified atom stereocenters. The van der Waals surface area contributed by atoms with Gasteiger partial charge in [-0.2, -0.15) is 0 Å². The van der Waals surface area contributed by atoms with Crippen molar-refractivity contribution >= 4 is 17.6 Å². The number of carbonyl (C=O) groups excluding carboxylic acids is 1. The van der Waals surface area contributed by atoms with Gasteiger partial charge in [-0.1, -0.05) is 23.7 Å². The number of hydrogen-bond donors (Lipinski definition) is 1. The van der Waals surface area contributed by atoms with Gasteiger partial charge in [-0.25, -0.2) is 0 Å². The van der Waals surface area contributed by atoms with Crippen molar-refractivity contribution in [3.05, 3.63) is 69.1 Å². The van der Waals surface area contributed by atoms with Crippen LogP contribution in [0.1, 0.15) is 44.1 Å². The van der Waals surface area contributed by atoms with Crippen molar-refractivity contribution in [3.8, 4) is 0 Å². The Bertz CT molecular complexity index is 814. The van der Waals surface area contributed by atoms with Crippen LogP contribution in [0.4, 0.5) is 0 Å². The largest absolute Gasteiger partial charge is 0.469 e. The highest BCUT2D eigenvalue weighted by Gasteiger charge is 2.56. The Labute approximate surface area is 161 Å². The summed E-state index contributed by atoms with van der Waals surface area (Å²) >= 11 is 5.94. The molecule has 1 aromatic carbocycles. The number of benzene rings is 1. The fraction of sp³-hybridized carbons (Fsp3) is 0.421. The number of esters is 1. The highest BCUT2D eigenvalue weighted by atomic mass is 35.5. The molecule has 1 fully saturated rings. The van der Waals surface area contributed by atoms with E-state index in [-0.39, 0.29) is 4.92 Å². The highest BCUT2D eigenvalue weighted by molar-refractivity contribution is 6.30. The molecule has 1 N–H and O–H groups in total. The number of carbonyl (C=O) groups is 1. The fourth-order valence-corrected chi connectivity index (χ4v) is 3.54. The standard InChI is InChI=1S/C19H21ClN2O5/c1-19(2,3)27-18(23)16-14(13-5-4-10-26-13)17(22(24)25)15(21-16)11-6-8-12(20)9-7-11/h4-10,14-17,21H,1-3H3/t14-,15+,16+,17+/m1/s1. The zero-order valence-electron chi connectivity index (χ0n) is 15.2. The lowest BCUT2D eigenvalue weighted by molar-refractivity contribution is -0.527. The molecule has 1 aromatic heterocycles. The van der Waals surface area contributed by atoms with E-state index in [9.17, 15) is 14.9 Å². The van der Waals surface area contributed by atoms with Crippen LogP contribution in [-0.4, -0.2) is 28.6 Å². The first-order valence-electron chi connectivity index (χ1n) is 8.58. The average Bonchev–Trinajstić information content (AvgIpc) is 3.21. The van der Waals surface area contributed by atoms with Gasteiger partial charge < -0.3 is 9.15 Å². The predicted molar refractivity (Wildman–Crippen MR) is 99.2 cm³/mol. The molecule has 1 saturated heterocycles. The quantitative estimate of drug-likeness (QED) is 0.484. The van der Waals surface area contributed by atoms with Crippen LogP contribution >= 0.6 is 11.6 Å². The van der Waals surface area contributed by atoms with E-state index in [1.54, 1.807) is 57.2 Å². The summed E-state index contributed by atoms with van der Waals surface area (Å²) in [7, 11) is 0. The minimum atomic E-state index is -1.10. The van der Waals surface area contributed by atoms with Crippen molar-refractivity contribution in [3.63, 3.8) is 0 Å². The molecule has 0 radical (unpaired) electrons. The van der Waals surface area contributed by atoms with Gasteiger partial charge in [-0.05, 0) is 50.6 Å². The molecule has 2 heterocycles. The van der Waals surface area contributed by atoms with Crippen molar-refractivity contribution in [2.24, 2.45) is 0 Å². The molecule has 0 aliphatic carbocycles. The Morgan fingerprint density at radius 2 is 1.93 bits per heavy atom. The molecule has 1 aliphatic rings. The average molecular weight is 393 g/mol. The predicted octanol–water partition coefficient (Wildman–Crippen LogP) is 3.72. The molecule has 8 heteroatoms. The molecule has 0 bridgehead atoms. The van der Waals surface area contributed by atoms with E-state index < -0.39 is 35.6 Å². The summed E-state index contributed by atoms with van der Waals surface area (Å²) in [4.78, 5) is 24.4. The molecular formula is C19H21ClN2O5. The van der Waals surface area contributed by atoms with Gasteiger partial charge in [0.1, 0.15) is 29.4 Å². The number of rotatable bonds is 4. The third-order valence-electron chi connectivity index (χ3n) is 4.43. The zero-order valence-corrected chi connectivity index (χ0v) is 16.0. The normalized spacial score (nSPS) is 25.3. The monoisotopic (exact) mass is 392 g/mol. The Morgan fingerprint density at radius 3 is 2.44 bits per heavy atom. The molecule has 7 nitrogen and oxygen atoms in total. The maximum Gasteiger partial charge on any atom is 0.324 e. The van der Waals surface area contributed by atoms with Crippen molar-refractivity contribution in [2.75, 3.05) is 0 Å². The van der Waals surface area contributed by atoms with Crippen LogP contribution in [0.5, 0.6) is 0 Å². The van der Waals surface area contributed by atoms with E-state index in [0.29, 0.717) is 16.3 Å². The first kappa shape index (κ1) is 19.4. The molecule has 0 amide bonds. The molecule has 4 atom stereocenters. The number of hydrogen-bond acceptors (Lipinski definition) is 6. The van der Waals surface area contributed by atoms with E-state index in [2.05, 4.69) is 5.32 Å². The number of nitrogens with one attached hydrogen (secondary N) is 1. The molecule has 0 spiro atoms. The second-order valence-electron chi connectivity index (χ2n) is 7.52. The summed E-state index contributed by atoms with van der Waals surface area (Å²) < 4.78 is 10.9. The van der Waals surface area contributed by atoms with E-state index >= 15 is 0 Å². The number of furan rings is 1. The van der Waals surface area contributed by atoms with E-state index in [1.807, 2.05) is 0 Å². The van der Waals surface area contributed by atoms with Crippen LogP contribution in [0.15, 0.2) is 47.1 Å². The van der Waals surface area contributed by atoms with Crippen LogP contribution in [0.3, 0.4) is 0 Å². The maximum absolute atomic E-state index is 12.8. The molecule has 3 rings (SSSR count). The molecular weight excluding hydrogens is 372 g/mol. The van der Waals surface area contributed by atoms with Crippen molar-refractivity contribution in [1.82, 2.24) is 5.32 Å². The molecule has 1 aliphatic heterocycles. The van der Waals surface area contributed by atoms with E-state index in [4.69, 9.17) is 20.8 Å². The Kier molecular flexibility index (Phi) is 5.26. The first-order valence-corrected chi connectivity index (χ1v) is 8.96. The third-order valence-corrected chi connectivity index (χ3v) is 4.68. The summed E-state index contributed by atoms with van der Waals surface area (Å²) in [5.74, 6) is -0.978. The van der Waals surface area contributed by atoms with Gasteiger partial charge in [-0.3, -0.25) is 20.2 Å². The van der Waals surface area contributed by atoms with Gasteiger partial charge in [0, 0.05) is 9.95 Å². The zero-order chi connectivity index (χ0) is 19.8. The first-order chi connectivity index (χ1) is 12.7. The molecule has 0 saturated carbocycles. The Morgan fingerprint density at radius 1 is 1.26 bits per heavy atom. The number of nitrogens with zero attached hydrogens (tertiary/aromatic N) is 1. The lowest BCUT2D eigenvalue weighted by Crippen LogP contribution is -2.41. The van der Waals surface area contributed by atoms with Crippen molar-refractivity contribution in [1.29, 1.82) is 0 Å². The smallest absolute Gasteiger partial charge is 0.324 e. The summed E-state index contributed by atoms with van der Waals surface area (Å²) in [5, 5.41) is 15.6. The van der Waals surface area contributed by atoms with Gasteiger partial charge in [0.05, 0.1) is 6.26 Å². The Balaban J connectivity index is 2.02. The van der Waals surface area contributed by atoms with Crippen LogP contribution < -0.4 is 5.32 Å².